The fourth-order valence-corrected chi connectivity index (χ4v) is 2.57. The van der Waals surface area contributed by atoms with Crippen LogP contribution in [0.3, 0.4) is 0 Å². The summed E-state index contributed by atoms with van der Waals surface area (Å²) < 4.78 is 6.56. The number of rotatable bonds is 8. The van der Waals surface area contributed by atoms with Gasteiger partial charge in [-0.05, 0) is 43.3 Å². The average Bonchev–Trinajstić information content (AvgIpc) is 2.63. The van der Waals surface area contributed by atoms with Crippen LogP contribution < -0.4 is 10.1 Å². The lowest BCUT2D eigenvalue weighted by Crippen LogP contribution is -2.30. The summed E-state index contributed by atoms with van der Waals surface area (Å²) in [5, 5.41) is 14.1. The zero-order valence-electron chi connectivity index (χ0n) is 14.6. The minimum absolute atomic E-state index is 0.114. The molecular formula is C18H20BrN3O4. The second-order valence-electron chi connectivity index (χ2n) is 5.55. The van der Waals surface area contributed by atoms with Crippen molar-refractivity contribution >= 4 is 33.2 Å². The van der Waals surface area contributed by atoms with Crippen LogP contribution >= 0.6 is 15.9 Å². The Hall–Kier alpha value is -2.61. The minimum Gasteiger partial charge on any atom is -0.492 e. The van der Waals surface area contributed by atoms with E-state index in [9.17, 15) is 14.9 Å². The first-order valence-electron chi connectivity index (χ1n) is 8.08. The number of nitro benzene ring substituents is 1. The van der Waals surface area contributed by atoms with Gasteiger partial charge in [-0.2, -0.15) is 0 Å². The van der Waals surface area contributed by atoms with E-state index in [1.54, 1.807) is 19.2 Å². The number of nitrogens with zero attached hydrogens (tertiary/aromatic N) is 2. The first kappa shape index (κ1) is 19.7. The van der Waals surface area contributed by atoms with Gasteiger partial charge < -0.3 is 15.0 Å². The molecule has 0 aliphatic carbocycles. The Morgan fingerprint density at radius 3 is 2.58 bits per heavy atom. The number of ether oxygens (including phenoxy) is 1. The predicted molar refractivity (Wildman–Crippen MR) is 104 cm³/mol. The van der Waals surface area contributed by atoms with Crippen LogP contribution in [0.1, 0.15) is 17.3 Å². The number of benzene rings is 2. The summed E-state index contributed by atoms with van der Waals surface area (Å²) in [5.74, 6) is 0.412. The largest absolute Gasteiger partial charge is 0.492 e. The summed E-state index contributed by atoms with van der Waals surface area (Å²) >= 11 is 3.35. The quantitative estimate of drug-likeness (QED) is 0.515. The SMILES string of the molecule is CCNc1ccc(C(=O)N(C)CCOc2ccc(Br)cc2)cc1[N+](=O)[O-]. The molecule has 0 heterocycles. The van der Waals surface area contributed by atoms with Gasteiger partial charge in [0.15, 0.2) is 0 Å². The third-order valence-electron chi connectivity index (χ3n) is 3.66. The molecule has 0 saturated heterocycles. The van der Waals surface area contributed by atoms with Crippen molar-refractivity contribution in [2.75, 3.05) is 32.1 Å². The monoisotopic (exact) mass is 421 g/mol. The molecular weight excluding hydrogens is 402 g/mol. The molecule has 0 unspecified atom stereocenters. The Bertz CT molecular complexity index is 781. The van der Waals surface area contributed by atoms with Gasteiger partial charge in [0.25, 0.3) is 11.6 Å². The third-order valence-corrected chi connectivity index (χ3v) is 4.19. The van der Waals surface area contributed by atoms with E-state index in [2.05, 4.69) is 21.2 Å². The molecule has 0 aliphatic heterocycles. The van der Waals surface area contributed by atoms with Crippen molar-refractivity contribution in [1.29, 1.82) is 0 Å². The summed E-state index contributed by atoms with van der Waals surface area (Å²) in [4.78, 5) is 24.7. The molecule has 1 N–H and O–H groups in total. The molecule has 0 atom stereocenters. The summed E-state index contributed by atoms with van der Waals surface area (Å²) in [7, 11) is 1.64. The maximum absolute atomic E-state index is 12.5. The average molecular weight is 422 g/mol. The molecule has 0 fully saturated rings. The highest BCUT2D eigenvalue weighted by Crippen LogP contribution is 2.26. The van der Waals surface area contributed by atoms with Crippen molar-refractivity contribution in [3.63, 3.8) is 0 Å². The Labute approximate surface area is 160 Å². The molecule has 0 aliphatic rings. The molecule has 2 rings (SSSR count). The highest BCUT2D eigenvalue weighted by molar-refractivity contribution is 9.10. The molecule has 7 nitrogen and oxygen atoms in total. The summed E-state index contributed by atoms with van der Waals surface area (Å²) in [6.45, 7) is 3.09. The number of nitro groups is 1. The Balaban J connectivity index is 1.99. The Morgan fingerprint density at radius 1 is 1.27 bits per heavy atom. The summed E-state index contributed by atoms with van der Waals surface area (Å²) in [6.07, 6.45) is 0. The summed E-state index contributed by atoms with van der Waals surface area (Å²) in [5.41, 5.74) is 0.553. The van der Waals surface area contributed by atoms with Crippen LogP contribution in [0.2, 0.25) is 0 Å². The third kappa shape index (κ3) is 5.19. The van der Waals surface area contributed by atoms with Crippen LogP contribution in [0.15, 0.2) is 46.9 Å². The van der Waals surface area contributed by atoms with Gasteiger partial charge in [0.05, 0.1) is 11.5 Å². The molecule has 2 aromatic carbocycles. The fourth-order valence-electron chi connectivity index (χ4n) is 2.31. The maximum Gasteiger partial charge on any atom is 0.293 e. The van der Waals surface area contributed by atoms with Gasteiger partial charge in [-0.25, -0.2) is 0 Å². The van der Waals surface area contributed by atoms with Crippen molar-refractivity contribution in [3.05, 3.63) is 62.6 Å². The number of carbonyl (C=O) groups excluding carboxylic acids is 1. The lowest BCUT2D eigenvalue weighted by molar-refractivity contribution is -0.384. The van der Waals surface area contributed by atoms with Crippen LogP contribution in [0.5, 0.6) is 5.75 Å². The van der Waals surface area contributed by atoms with Gasteiger partial charge >= 0.3 is 0 Å². The van der Waals surface area contributed by atoms with Crippen molar-refractivity contribution in [2.24, 2.45) is 0 Å². The van der Waals surface area contributed by atoms with E-state index in [0.717, 1.165) is 4.47 Å². The molecule has 26 heavy (non-hydrogen) atoms. The van der Waals surface area contributed by atoms with Crippen molar-refractivity contribution in [1.82, 2.24) is 4.90 Å². The maximum atomic E-state index is 12.5. The molecule has 0 spiro atoms. The normalized spacial score (nSPS) is 10.3. The van der Waals surface area contributed by atoms with Gasteiger partial charge in [-0.3, -0.25) is 14.9 Å². The van der Waals surface area contributed by atoms with E-state index >= 15 is 0 Å². The Morgan fingerprint density at radius 2 is 1.96 bits per heavy atom. The number of nitrogens with one attached hydrogen (secondary N) is 1. The zero-order valence-corrected chi connectivity index (χ0v) is 16.2. The van der Waals surface area contributed by atoms with Gasteiger partial charge in [-0.15, -0.1) is 0 Å². The number of halogens is 1. The van der Waals surface area contributed by atoms with Crippen LogP contribution in [-0.4, -0.2) is 42.5 Å². The van der Waals surface area contributed by atoms with Gasteiger partial charge in [0.2, 0.25) is 0 Å². The lowest BCUT2D eigenvalue weighted by atomic mass is 10.1. The molecule has 2 aromatic rings. The number of hydrogen-bond donors (Lipinski definition) is 1. The van der Waals surface area contributed by atoms with Gasteiger partial charge in [0, 0.05) is 29.7 Å². The smallest absolute Gasteiger partial charge is 0.293 e. The fraction of sp³-hybridized carbons (Fsp3) is 0.278. The molecule has 8 heteroatoms. The van der Waals surface area contributed by atoms with Crippen LogP contribution in [0.4, 0.5) is 11.4 Å². The zero-order chi connectivity index (χ0) is 19.1. The first-order chi connectivity index (χ1) is 12.4. The van der Waals surface area contributed by atoms with E-state index in [-0.39, 0.29) is 17.2 Å². The molecule has 0 bridgehead atoms. The van der Waals surface area contributed by atoms with Gasteiger partial charge in [0.1, 0.15) is 18.0 Å². The molecule has 138 valence electrons. The first-order valence-corrected chi connectivity index (χ1v) is 8.87. The second kappa shape index (κ2) is 9.19. The van der Waals surface area contributed by atoms with Crippen LogP contribution in [0, 0.1) is 10.1 Å². The van der Waals surface area contributed by atoms with Crippen molar-refractivity contribution in [3.8, 4) is 5.75 Å². The number of anilines is 1. The van der Waals surface area contributed by atoms with E-state index in [4.69, 9.17) is 4.74 Å². The standard InChI is InChI=1S/C18H20BrN3O4/c1-3-20-16-9-4-13(12-17(16)22(24)25)18(23)21(2)10-11-26-15-7-5-14(19)6-8-15/h4-9,12,20H,3,10-11H2,1-2H3. The summed E-state index contributed by atoms with van der Waals surface area (Å²) in [6, 6.07) is 11.8. The highest BCUT2D eigenvalue weighted by Gasteiger charge is 2.19. The van der Waals surface area contributed by atoms with Crippen LogP contribution in [0.25, 0.3) is 0 Å². The minimum atomic E-state index is -0.495. The van der Waals surface area contributed by atoms with E-state index < -0.39 is 4.92 Å². The van der Waals surface area contributed by atoms with Crippen molar-refractivity contribution < 1.29 is 14.5 Å². The molecule has 0 radical (unpaired) electrons. The topological polar surface area (TPSA) is 84.7 Å². The van der Waals surface area contributed by atoms with Crippen molar-refractivity contribution in [2.45, 2.75) is 6.92 Å². The molecule has 1 amide bonds. The molecule has 0 aromatic heterocycles. The number of likely N-dealkylation sites (N-methyl/N-ethyl adjacent to an activating group) is 1. The lowest BCUT2D eigenvalue weighted by Gasteiger charge is -2.18. The second-order valence-corrected chi connectivity index (χ2v) is 6.46. The molecule has 0 saturated carbocycles. The Kier molecular flexibility index (Phi) is 6.97. The number of hydrogen-bond acceptors (Lipinski definition) is 5. The number of amides is 1. The van der Waals surface area contributed by atoms with E-state index in [1.807, 2.05) is 31.2 Å². The van der Waals surface area contributed by atoms with E-state index in [1.165, 1.54) is 11.0 Å². The van der Waals surface area contributed by atoms with E-state index in [0.29, 0.717) is 31.1 Å². The predicted octanol–water partition coefficient (Wildman–Crippen LogP) is 3.94. The van der Waals surface area contributed by atoms with Gasteiger partial charge in [-0.1, -0.05) is 15.9 Å². The highest BCUT2D eigenvalue weighted by atomic mass is 79.9. The number of carbonyl (C=O) groups is 1. The van der Waals surface area contributed by atoms with Crippen LogP contribution in [-0.2, 0) is 0 Å².